The molecule has 0 aliphatic carbocycles. The molecule has 2 aliphatic rings. The molecule has 0 bridgehead atoms. The number of hydrogen-bond acceptors (Lipinski definition) is 12. The lowest BCUT2D eigenvalue weighted by Crippen LogP contribution is -2.66. The molecule has 12 heteroatoms. The van der Waals surface area contributed by atoms with Crippen LogP contribution >= 0.6 is 0 Å². The van der Waals surface area contributed by atoms with Crippen molar-refractivity contribution in [3.05, 3.63) is 215 Å². The van der Waals surface area contributed by atoms with Gasteiger partial charge >= 0.3 is 5.97 Å². The lowest BCUT2D eigenvalue weighted by atomic mass is 9.94. The number of hydrogen-bond donors (Lipinski definition) is 0. The van der Waals surface area contributed by atoms with E-state index < -0.39 is 72.8 Å². The highest BCUT2D eigenvalue weighted by Crippen LogP contribution is 2.37. The number of carbonyl (C=O) groups is 1. The summed E-state index contributed by atoms with van der Waals surface area (Å²) >= 11 is 0. The minimum Gasteiger partial charge on any atom is -0.454 e. The van der Waals surface area contributed by atoms with E-state index in [9.17, 15) is 4.79 Å². The van der Waals surface area contributed by atoms with Gasteiger partial charge in [0.05, 0.1) is 58.3 Å². The van der Waals surface area contributed by atoms with Crippen molar-refractivity contribution in [3.8, 4) is 0 Å². The van der Waals surface area contributed by atoms with Crippen LogP contribution in [-0.4, -0.2) is 87.2 Å². The number of benzene rings is 6. The Morgan fingerprint density at radius 2 is 0.712 bits per heavy atom. The molecule has 0 saturated carbocycles. The fourth-order valence-electron chi connectivity index (χ4n) is 8.74. The first-order valence-corrected chi connectivity index (χ1v) is 25.4. The third-order valence-corrected chi connectivity index (χ3v) is 12.6. The molecular weight excluding hydrogens is 925 g/mol. The number of rotatable bonds is 25. The van der Waals surface area contributed by atoms with Gasteiger partial charge < -0.3 is 52.1 Å². The molecule has 8 rings (SSSR count). The van der Waals surface area contributed by atoms with Crippen LogP contribution in [0.1, 0.15) is 61.1 Å². The molecule has 0 N–H and O–H groups in total. The van der Waals surface area contributed by atoms with Crippen LogP contribution < -0.4 is 0 Å². The molecule has 2 fully saturated rings. The Morgan fingerprint density at radius 1 is 0.397 bits per heavy atom. The molecular formula is C61H70O12. The van der Waals surface area contributed by atoms with Crippen molar-refractivity contribution in [2.24, 2.45) is 5.41 Å². The fraction of sp³-hybridized carbons (Fsp3) is 0.393. The Morgan fingerprint density at radius 3 is 1.05 bits per heavy atom. The highest BCUT2D eigenvalue weighted by molar-refractivity contribution is 5.75. The van der Waals surface area contributed by atoms with Gasteiger partial charge in [-0.1, -0.05) is 182 Å². The molecule has 386 valence electrons. The van der Waals surface area contributed by atoms with Crippen molar-refractivity contribution in [2.75, 3.05) is 19.8 Å². The van der Waals surface area contributed by atoms with Crippen LogP contribution in [0.5, 0.6) is 0 Å². The van der Waals surface area contributed by atoms with Gasteiger partial charge in [-0.3, -0.25) is 4.79 Å². The first kappa shape index (κ1) is 53.7. The van der Waals surface area contributed by atoms with E-state index in [1.807, 2.05) is 189 Å². The summed E-state index contributed by atoms with van der Waals surface area (Å²) in [5.41, 5.74) is 4.84. The predicted molar refractivity (Wildman–Crippen MR) is 275 cm³/mol. The second-order valence-electron chi connectivity index (χ2n) is 19.3. The molecule has 0 unspecified atom stereocenters. The van der Waals surface area contributed by atoms with Crippen LogP contribution in [0.2, 0.25) is 0 Å². The van der Waals surface area contributed by atoms with Crippen molar-refractivity contribution in [3.63, 3.8) is 0 Å². The predicted octanol–water partition coefficient (Wildman–Crippen LogP) is 10.6. The largest absolute Gasteiger partial charge is 0.454 e. The lowest BCUT2D eigenvalue weighted by Gasteiger charge is -2.50. The summed E-state index contributed by atoms with van der Waals surface area (Å²) in [6, 6.07) is 59.5. The summed E-state index contributed by atoms with van der Waals surface area (Å²) < 4.78 is 75.2. The number of carbonyl (C=O) groups excluding carboxylic acids is 1. The van der Waals surface area contributed by atoms with E-state index in [1.54, 1.807) is 20.8 Å². The zero-order chi connectivity index (χ0) is 50.7. The van der Waals surface area contributed by atoms with Gasteiger partial charge in [-0.15, -0.1) is 0 Å². The maximum absolute atomic E-state index is 14.3. The average molecular weight is 995 g/mol. The molecule has 2 heterocycles. The number of ether oxygens (including phenoxy) is 11. The monoisotopic (exact) mass is 994 g/mol. The Labute approximate surface area is 430 Å². The van der Waals surface area contributed by atoms with Gasteiger partial charge in [-0.2, -0.15) is 0 Å². The van der Waals surface area contributed by atoms with Crippen LogP contribution in [0.4, 0.5) is 0 Å². The first-order chi connectivity index (χ1) is 35.7. The molecule has 10 atom stereocenters. The molecule has 0 aromatic heterocycles. The van der Waals surface area contributed by atoms with Gasteiger partial charge in [0.2, 0.25) is 0 Å². The van der Waals surface area contributed by atoms with Gasteiger partial charge in [0.15, 0.2) is 18.7 Å². The Bertz CT molecular complexity index is 2460. The van der Waals surface area contributed by atoms with Crippen LogP contribution in [0, 0.1) is 5.41 Å². The maximum atomic E-state index is 14.3. The SMILES string of the molecule is CCO[C@@H]1O[C@H](COCc2ccccc2)[C@@H](OCc2ccccc2)[C@H](OCc2ccccc2)[C@H]1O[C@H]1O[C@H](COCc2ccccc2)[C@@H](OCc2ccccc2)[C@H](OCc2ccccc2)[C@@H]1OC(=O)C(C)(C)C. The zero-order valence-corrected chi connectivity index (χ0v) is 42.4. The maximum Gasteiger partial charge on any atom is 0.311 e. The average Bonchev–Trinajstić information content (AvgIpc) is 3.42. The Kier molecular flexibility index (Phi) is 20.3. The Hall–Kier alpha value is -5.61. The van der Waals surface area contributed by atoms with Gasteiger partial charge in [0.1, 0.15) is 42.7 Å². The first-order valence-electron chi connectivity index (χ1n) is 25.4. The summed E-state index contributed by atoms with van der Waals surface area (Å²) in [5, 5.41) is 0. The van der Waals surface area contributed by atoms with Crippen LogP contribution in [0.15, 0.2) is 182 Å². The highest BCUT2D eigenvalue weighted by Gasteiger charge is 2.56. The zero-order valence-electron chi connectivity index (χ0n) is 42.4. The molecule has 6 aromatic rings. The summed E-state index contributed by atoms with van der Waals surface area (Å²) in [4.78, 5) is 14.3. The van der Waals surface area contributed by atoms with Crippen LogP contribution in [0.3, 0.4) is 0 Å². The molecule has 12 nitrogen and oxygen atoms in total. The summed E-state index contributed by atoms with van der Waals surface area (Å²) in [6.45, 7) is 9.29. The van der Waals surface area contributed by atoms with E-state index in [2.05, 4.69) is 0 Å². The molecule has 0 amide bonds. The van der Waals surface area contributed by atoms with Gasteiger partial charge in [-0.05, 0) is 61.1 Å². The van der Waals surface area contributed by atoms with E-state index in [0.717, 1.165) is 33.4 Å². The molecule has 0 spiro atoms. The molecule has 73 heavy (non-hydrogen) atoms. The van der Waals surface area contributed by atoms with Crippen LogP contribution in [0.25, 0.3) is 0 Å². The van der Waals surface area contributed by atoms with E-state index in [4.69, 9.17) is 52.1 Å². The fourth-order valence-corrected chi connectivity index (χ4v) is 8.74. The van der Waals surface area contributed by atoms with Crippen molar-refractivity contribution in [2.45, 2.75) is 129 Å². The quantitative estimate of drug-likeness (QED) is 0.0508. The van der Waals surface area contributed by atoms with Crippen molar-refractivity contribution in [1.82, 2.24) is 0 Å². The third-order valence-electron chi connectivity index (χ3n) is 12.6. The van der Waals surface area contributed by atoms with E-state index in [0.29, 0.717) is 13.2 Å². The molecule has 2 aliphatic heterocycles. The van der Waals surface area contributed by atoms with Crippen molar-refractivity contribution >= 4 is 5.97 Å². The minimum absolute atomic E-state index is 0.0764. The molecule has 0 radical (unpaired) electrons. The Balaban J connectivity index is 1.19. The molecule has 2 saturated heterocycles. The summed E-state index contributed by atoms with van der Waals surface area (Å²) in [5.74, 6) is -0.485. The summed E-state index contributed by atoms with van der Waals surface area (Å²) in [7, 11) is 0. The van der Waals surface area contributed by atoms with Gasteiger partial charge in [0, 0.05) is 6.61 Å². The highest BCUT2D eigenvalue weighted by atomic mass is 16.8. The number of esters is 1. The lowest BCUT2D eigenvalue weighted by molar-refractivity contribution is -0.380. The second kappa shape index (κ2) is 27.6. The van der Waals surface area contributed by atoms with E-state index >= 15 is 0 Å². The second-order valence-corrected chi connectivity index (χ2v) is 19.3. The van der Waals surface area contributed by atoms with E-state index in [1.165, 1.54) is 0 Å². The van der Waals surface area contributed by atoms with Gasteiger partial charge in [-0.25, -0.2) is 0 Å². The normalized spacial score (nSPS) is 24.2. The van der Waals surface area contributed by atoms with Crippen molar-refractivity contribution in [1.29, 1.82) is 0 Å². The topological polar surface area (TPSA) is 119 Å². The minimum atomic E-state index is -1.30. The smallest absolute Gasteiger partial charge is 0.311 e. The van der Waals surface area contributed by atoms with Crippen LogP contribution in [-0.2, 0) is 96.5 Å². The third kappa shape index (κ3) is 15.9. The summed E-state index contributed by atoms with van der Waals surface area (Å²) in [6.07, 6.45) is -9.40. The van der Waals surface area contributed by atoms with E-state index in [-0.39, 0.29) is 46.2 Å². The standard InChI is InChI=1S/C61H70O12/c1-5-65-58-56(54(68-40-48-32-20-10-21-33-48)52(66-38-46-28-16-8-17-29-46)50(70-58)42-63-36-44-24-12-6-13-25-44)72-59-57(73-60(62)61(2,3)4)55(69-41-49-34-22-11-23-35-49)53(67-39-47-30-18-9-19-31-47)51(71-59)43-64-37-45-26-14-7-15-27-45/h6-35,50-59H,5,36-43H2,1-4H3/t50-,51-,52-,53-,54+,55+,56-,57+,58-,59-/m1/s1. The molecule has 6 aromatic carbocycles. The van der Waals surface area contributed by atoms with Crippen molar-refractivity contribution < 1.29 is 56.9 Å². The van der Waals surface area contributed by atoms with Gasteiger partial charge in [0.25, 0.3) is 0 Å².